The van der Waals surface area contributed by atoms with Crippen molar-refractivity contribution >= 4 is 28.9 Å². The minimum Gasteiger partial charge on any atom is -0.480 e. The number of amides is 1. The number of methoxy groups -OCH3 is 1. The van der Waals surface area contributed by atoms with Crippen molar-refractivity contribution in [1.82, 2.24) is 10.3 Å². The molecule has 1 heterocycles. The largest absolute Gasteiger partial charge is 0.480 e. The Labute approximate surface area is 157 Å². The van der Waals surface area contributed by atoms with Gasteiger partial charge in [-0.2, -0.15) is 0 Å². The zero-order valence-electron chi connectivity index (χ0n) is 14.7. The smallest absolute Gasteiger partial charge is 0.269 e. The first-order valence-electron chi connectivity index (χ1n) is 8.02. The Morgan fingerprint density at radius 1 is 1.35 bits per heavy atom. The van der Waals surface area contributed by atoms with E-state index in [1.165, 1.54) is 7.11 Å². The fourth-order valence-electron chi connectivity index (χ4n) is 2.38. The van der Waals surface area contributed by atoms with Crippen molar-refractivity contribution in [2.24, 2.45) is 11.5 Å². The van der Waals surface area contributed by atoms with Gasteiger partial charge in [-0.3, -0.25) is 4.79 Å². The summed E-state index contributed by atoms with van der Waals surface area (Å²) in [6, 6.07) is 6.97. The molecule has 0 spiro atoms. The van der Waals surface area contributed by atoms with Crippen LogP contribution in [0.15, 0.2) is 36.2 Å². The zero-order valence-corrected chi connectivity index (χ0v) is 15.4. The van der Waals surface area contributed by atoms with E-state index in [1.807, 2.05) is 6.92 Å². The molecule has 8 heteroatoms. The van der Waals surface area contributed by atoms with Crippen LogP contribution in [0.2, 0.25) is 5.02 Å². The van der Waals surface area contributed by atoms with Crippen LogP contribution in [0.3, 0.4) is 0 Å². The van der Waals surface area contributed by atoms with E-state index in [9.17, 15) is 4.79 Å². The lowest BCUT2D eigenvalue weighted by Gasteiger charge is -2.14. The zero-order chi connectivity index (χ0) is 19.3. The van der Waals surface area contributed by atoms with E-state index in [0.717, 1.165) is 6.42 Å². The van der Waals surface area contributed by atoms with Crippen LogP contribution in [0.25, 0.3) is 16.8 Å². The molecule has 0 bridgehead atoms. The number of nitrogens with zero attached hydrogens (tertiary/aromatic N) is 1. The number of pyridine rings is 1. The van der Waals surface area contributed by atoms with E-state index in [4.69, 9.17) is 33.5 Å². The predicted molar refractivity (Wildman–Crippen MR) is 104 cm³/mol. The van der Waals surface area contributed by atoms with Gasteiger partial charge in [0.25, 0.3) is 5.91 Å². The number of nitrogen functional groups attached to an aromatic ring is 1. The predicted octanol–water partition coefficient (Wildman–Crippen LogP) is 2.11. The molecule has 0 aliphatic rings. The Morgan fingerprint density at radius 3 is 2.69 bits per heavy atom. The minimum atomic E-state index is -0.427. The molecule has 7 nitrogen and oxygen atoms in total. The Hall–Kier alpha value is -2.93. The number of ether oxygens (including phenoxy) is 1. The fourth-order valence-corrected chi connectivity index (χ4v) is 2.62. The second-order valence-corrected chi connectivity index (χ2v) is 5.97. The van der Waals surface area contributed by atoms with Crippen LogP contribution in [-0.2, 0) is 4.79 Å². The number of halogens is 1. The Morgan fingerprint density at radius 2 is 2.08 bits per heavy atom. The van der Waals surface area contributed by atoms with Gasteiger partial charge in [0.05, 0.1) is 12.8 Å². The van der Waals surface area contributed by atoms with E-state index < -0.39 is 5.91 Å². The summed E-state index contributed by atoms with van der Waals surface area (Å²) in [5.74, 6) is -0.107. The Bertz CT molecular complexity index is 851. The molecule has 2 aromatic rings. The number of aromatic nitrogens is 1. The number of carbonyl (C=O) groups excluding carboxylic acids is 1. The second kappa shape index (κ2) is 8.44. The third kappa shape index (κ3) is 4.00. The standard InChI is InChI=1S/C18H22ClN5O2/c1-3-7-23-17(25)16(22)15(21)12-6-4-5-11(14(12)20)10-8-13(19)18(26-2)24-9-10/h4-6,8-9H,3,7,20-22H2,1-2H3,(H,23,25)/b16-15+. The lowest BCUT2D eigenvalue weighted by Crippen LogP contribution is -2.31. The molecular weight excluding hydrogens is 354 g/mol. The molecule has 2 rings (SSSR count). The van der Waals surface area contributed by atoms with Gasteiger partial charge in [-0.1, -0.05) is 36.7 Å². The molecule has 1 aromatic carbocycles. The molecular formula is C18H22ClN5O2. The summed E-state index contributed by atoms with van der Waals surface area (Å²) in [6.45, 7) is 2.46. The SMILES string of the molecule is CCCNC(=O)/C(N)=C(\N)c1cccc(-c2cnc(OC)c(Cl)c2)c1N. The second-order valence-electron chi connectivity index (χ2n) is 5.57. The molecule has 7 N–H and O–H groups in total. The highest BCUT2D eigenvalue weighted by molar-refractivity contribution is 6.32. The summed E-state index contributed by atoms with van der Waals surface area (Å²) in [6.07, 6.45) is 2.39. The summed E-state index contributed by atoms with van der Waals surface area (Å²) in [4.78, 5) is 16.2. The highest BCUT2D eigenvalue weighted by atomic mass is 35.5. The number of hydrogen-bond donors (Lipinski definition) is 4. The molecule has 1 aromatic heterocycles. The number of anilines is 1. The van der Waals surface area contributed by atoms with Gasteiger partial charge in [0, 0.05) is 35.1 Å². The number of nitrogens with one attached hydrogen (secondary N) is 1. The lowest BCUT2D eigenvalue weighted by atomic mass is 9.99. The fraction of sp³-hybridized carbons (Fsp3) is 0.222. The molecule has 0 unspecified atom stereocenters. The van der Waals surface area contributed by atoms with Gasteiger partial charge in [0.15, 0.2) is 0 Å². The Kier molecular flexibility index (Phi) is 6.30. The van der Waals surface area contributed by atoms with Crippen LogP contribution < -0.4 is 27.3 Å². The summed E-state index contributed by atoms with van der Waals surface area (Å²) in [5.41, 5.74) is 20.5. The highest BCUT2D eigenvalue weighted by Crippen LogP contribution is 2.34. The van der Waals surface area contributed by atoms with E-state index >= 15 is 0 Å². The maximum atomic E-state index is 12.0. The number of rotatable bonds is 6. The first-order chi connectivity index (χ1) is 12.4. The average Bonchev–Trinajstić information content (AvgIpc) is 2.65. The molecule has 0 atom stereocenters. The van der Waals surface area contributed by atoms with Crippen molar-refractivity contribution in [1.29, 1.82) is 0 Å². The third-order valence-electron chi connectivity index (χ3n) is 3.78. The van der Waals surface area contributed by atoms with Crippen LogP contribution in [-0.4, -0.2) is 24.5 Å². The number of benzene rings is 1. The maximum absolute atomic E-state index is 12.0. The summed E-state index contributed by atoms with van der Waals surface area (Å²) < 4.78 is 5.06. The Balaban J connectivity index is 2.46. The molecule has 0 fully saturated rings. The average molecular weight is 376 g/mol. The molecule has 1 amide bonds. The first kappa shape index (κ1) is 19.4. The third-order valence-corrected chi connectivity index (χ3v) is 4.05. The summed E-state index contributed by atoms with van der Waals surface area (Å²) in [7, 11) is 1.49. The van der Waals surface area contributed by atoms with Crippen molar-refractivity contribution in [3.8, 4) is 17.0 Å². The van der Waals surface area contributed by atoms with Crippen LogP contribution in [0, 0.1) is 0 Å². The van der Waals surface area contributed by atoms with Gasteiger partial charge in [0.2, 0.25) is 5.88 Å². The van der Waals surface area contributed by atoms with Crippen LogP contribution in [0.5, 0.6) is 5.88 Å². The maximum Gasteiger partial charge on any atom is 0.269 e. The summed E-state index contributed by atoms with van der Waals surface area (Å²) in [5, 5.41) is 3.04. The molecule has 138 valence electrons. The van der Waals surface area contributed by atoms with Crippen molar-refractivity contribution in [2.75, 3.05) is 19.4 Å². The molecule has 0 radical (unpaired) electrons. The normalized spacial score (nSPS) is 11.7. The van der Waals surface area contributed by atoms with E-state index in [-0.39, 0.29) is 11.4 Å². The molecule has 0 aliphatic carbocycles. The van der Waals surface area contributed by atoms with Gasteiger partial charge in [-0.25, -0.2) is 4.98 Å². The molecule has 26 heavy (non-hydrogen) atoms. The lowest BCUT2D eigenvalue weighted by molar-refractivity contribution is -0.117. The van der Waals surface area contributed by atoms with Gasteiger partial charge in [-0.15, -0.1) is 0 Å². The number of carbonyl (C=O) groups is 1. The highest BCUT2D eigenvalue weighted by Gasteiger charge is 2.16. The van der Waals surface area contributed by atoms with Crippen molar-refractivity contribution in [3.05, 3.63) is 46.7 Å². The van der Waals surface area contributed by atoms with E-state index in [0.29, 0.717) is 39.8 Å². The van der Waals surface area contributed by atoms with Crippen molar-refractivity contribution in [3.63, 3.8) is 0 Å². The summed E-state index contributed by atoms with van der Waals surface area (Å²) >= 11 is 6.14. The van der Waals surface area contributed by atoms with Gasteiger partial charge in [-0.05, 0) is 12.5 Å². The van der Waals surface area contributed by atoms with Gasteiger partial charge in [0.1, 0.15) is 10.7 Å². The molecule has 0 saturated carbocycles. The van der Waals surface area contributed by atoms with E-state index in [1.54, 1.807) is 30.5 Å². The molecule has 0 aliphatic heterocycles. The topological polar surface area (TPSA) is 129 Å². The minimum absolute atomic E-state index is 0.0758. The van der Waals surface area contributed by atoms with E-state index in [2.05, 4.69) is 10.3 Å². The van der Waals surface area contributed by atoms with Crippen molar-refractivity contribution < 1.29 is 9.53 Å². The quantitative estimate of drug-likeness (QED) is 0.452. The first-order valence-corrected chi connectivity index (χ1v) is 8.40. The van der Waals surface area contributed by atoms with Crippen LogP contribution >= 0.6 is 11.6 Å². The number of nitrogens with two attached hydrogens (primary N) is 3. The number of hydrogen-bond acceptors (Lipinski definition) is 6. The van der Waals surface area contributed by atoms with Crippen LogP contribution in [0.4, 0.5) is 5.69 Å². The van der Waals surface area contributed by atoms with Gasteiger partial charge >= 0.3 is 0 Å². The monoisotopic (exact) mass is 375 g/mol. The number of para-hydroxylation sites is 1. The van der Waals surface area contributed by atoms with Crippen molar-refractivity contribution in [2.45, 2.75) is 13.3 Å². The molecule has 0 saturated heterocycles. The van der Waals surface area contributed by atoms with Crippen LogP contribution in [0.1, 0.15) is 18.9 Å². The van der Waals surface area contributed by atoms with Gasteiger partial charge < -0.3 is 27.3 Å².